The summed E-state index contributed by atoms with van der Waals surface area (Å²) in [6.45, 7) is 5.38. The first-order valence-electron chi connectivity index (χ1n) is 4.71. The van der Waals surface area contributed by atoms with Gasteiger partial charge >= 0.3 is 0 Å². The number of nitrogens with one attached hydrogen (secondary N) is 1. The first kappa shape index (κ1) is 9.04. The Morgan fingerprint density at radius 3 is 3.00 bits per heavy atom. The first-order chi connectivity index (χ1) is 6.20. The predicted molar refractivity (Wildman–Crippen MR) is 56.3 cm³/mol. The van der Waals surface area contributed by atoms with E-state index in [1.165, 1.54) is 16.7 Å². The van der Waals surface area contributed by atoms with Crippen LogP contribution in [0.5, 0.6) is 0 Å². The maximum atomic E-state index is 6.08. The molecule has 2 rings (SSSR count). The molecule has 0 saturated carbocycles. The number of rotatable bonds is 0. The SMILES string of the molecule is Cc1c(Cl)ccc2c1C(C)NCC2. The molecular formula is C11H14ClN. The third-order valence-corrected chi connectivity index (χ3v) is 3.23. The summed E-state index contributed by atoms with van der Waals surface area (Å²) in [5.41, 5.74) is 4.09. The van der Waals surface area contributed by atoms with Crippen molar-refractivity contribution in [2.45, 2.75) is 26.3 Å². The van der Waals surface area contributed by atoms with Crippen molar-refractivity contribution in [2.75, 3.05) is 6.54 Å². The van der Waals surface area contributed by atoms with E-state index in [4.69, 9.17) is 11.6 Å². The summed E-state index contributed by atoms with van der Waals surface area (Å²) in [6, 6.07) is 4.61. The molecule has 0 saturated heterocycles. The second-order valence-corrected chi connectivity index (χ2v) is 4.08. The third kappa shape index (κ3) is 1.47. The normalized spacial score (nSPS) is 21.3. The van der Waals surface area contributed by atoms with Gasteiger partial charge in [-0.05, 0) is 49.6 Å². The van der Waals surface area contributed by atoms with Gasteiger partial charge in [-0.3, -0.25) is 0 Å². The zero-order valence-electron chi connectivity index (χ0n) is 8.02. The van der Waals surface area contributed by atoms with E-state index in [-0.39, 0.29) is 0 Å². The van der Waals surface area contributed by atoms with Gasteiger partial charge in [-0.25, -0.2) is 0 Å². The maximum Gasteiger partial charge on any atom is 0.0438 e. The van der Waals surface area contributed by atoms with Gasteiger partial charge in [-0.2, -0.15) is 0 Å². The van der Waals surface area contributed by atoms with E-state index in [2.05, 4.69) is 25.2 Å². The number of hydrogen-bond acceptors (Lipinski definition) is 1. The third-order valence-electron chi connectivity index (χ3n) is 2.82. The molecule has 1 aromatic rings. The van der Waals surface area contributed by atoms with Crippen LogP contribution < -0.4 is 5.32 Å². The van der Waals surface area contributed by atoms with Crippen LogP contribution >= 0.6 is 11.6 Å². The van der Waals surface area contributed by atoms with Crippen molar-refractivity contribution in [1.29, 1.82) is 0 Å². The van der Waals surface area contributed by atoms with Crippen LogP contribution in [-0.4, -0.2) is 6.54 Å². The summed E-state index contributed by atoms with van der Waals surface area (Å²) in [4.78, 5) is 0. The Balaban J connectivity index is 2.58. The fraction of sp³-hybridized carbons (Fsp3) is 0.455. The molecule has 0 aromatic heterocycles. The Hall–Kier alpha value is -0.530. The molecule has 1 aliphatic heterocycles. The van der Waals surface area contributed by atoms with Crippen molar-refractivity contribution in [1.82, 2.24) is 5.32 Å². The van der Waals surface area contributed by atoms with E-state index >= 15 is 0 Å². The maximum absolute atomic E-state index is 6.08. The fourth-order valence-corrected chi connectivity index (χ4v) is 2.27. The largest absolute Gasteiger partial charge is 0.310 e. The zero-order valence-corrected chi connectivity index (χ0v) is 8.78. The molecule has 1 N–H and O–H groups in total. The molecule has 0 bridgehead atoms. The lowest BCUT2D eigenvalue weighted by atomic mass is 9.91. The van der Waals surface area contributed by atoms with Gasteiger partial charge in [-0.15, -0.1) is 0 Å². The van der Waals surface area contributed by atoms with Crippen LogP contribution in [0, 0.1) is 6.92 Å². The fourth-order valence-electron chi connectivity index (χ4n) is 2.10. The minimum absolute atomic E-state index is 0.447. The standard InChI is InChI=1S/C11H14ClN/c1-7-10(12)4-3-9-5-6-13-8(2)11(7)9/h3-4,8,13H,5-6H2,1-2H3. The topological polar surface area (TPSA) is 12.0 Å². The van der Waals surface area contributed by atoms with Crippen molar-refractivity contribution < 1.29 is 0 Å². The van der Waals surface area contributed by atoms with Crippen LogP contribution in [0.4, 0.5) is 0 Å². The van der Waals surface area contributed by atoms with Gasteiger partial charge < -0.3 is 5.32 Å². The van der Waals surface area contributed by atoms with Gasteiger partial charge in [0.1, 0.15) is 0 Å². The Morgan fingerprint density at radius 2 is 2.23 bits per heavy atom. The molecule has 2 heteroatoms. The van der Waals surface area contributed by atoms with Crippen molar-refractivity contribution in [3.63, 3.8) is 0 Å². The monoisotopic (exact) mass is 195 g/mol. The van der Waals surface area contributed by atoms with Gasteiger partial charge in [0.15, 0.2) is 0 Å². The first-order valence-corrected chi connectivity index (χ1v) is 5.09. The Labute approximate surface area is 84.1 Å². The lowest BCUT2D eigenvalue weighted by Gasteiger charge is -2.26. The predicted octanol–water partition coefficient (Wildman–Crippen LogP) is 2.86. The summed E-state index contributed by atoms with van der Waals surface area (Å²) in [5.74, 6) is 0. The molecule has 1 aliphatic rings. The molecule has 0 aliphatic carbocycles. The summed E-state index contributed by atoms with van der Waals surface area (Å²) in [5, 5.41) is 4.33. The lowest BCUT2D eigenvalue weighted by Crippen LogP contribution is -2.28. The van der Waals surface area contributed by atoms with E-state index < -0.39 is 0 Å². The summed E-state index contributed by atoms with van der Waals surface area (Å²) in [6.07, 6.45) is 1.12. The Kier molecular flexibility index (Phi) is 2.31. The Morgan fingerprint density at radius 1 is 1.46 bits per heavy atom. The van der Waals surface area contributed by atoms with Crippen molar-refractivity contribution in [3.8, 4) is 0 Å². The van der Waals surface area contributed by atoms with Crippen LogP contribution in [0.3, 0.4) is 0 Å². The highest BCUT2D eigenvalue weighted by Crippen LogP contribution is 2.30. The van der Waals surface area contributed by atoms with Gasteiger partial charge in [0.2, 0.25) is 0 Å². The molecule has 13 heavy (non-hydrogen) atoms. The van der Waals surface area contributed by atoms with Crippen LogP contribution in [-0.2, 0) is 6.42 Å². The van der Waals surface area contributed by atoms with E-state index in [1.807, 2.05) is 6.07 Å². The van der Waals surface area contributed by atoms with Crippen LogP contribution in [0.2, 0.25) is 5.02 Å². The molecule has 70 valence electrons. The van der Waals surface area contributed by atoms with Gasteiger partial charge in [0, 0.05) is 11.1 Å². The summed E-state index contributed by atoms with van der Waals surface area (Å²) >= 11 is 6.08. The highest BCUT2D eigenvalue weighted by Gasteiger charge is 2.18. The molecule has 1 aromatic carbocycles. The quantitative estimate of drug-likeness (QED) is 0.672. The number of hydrogen-bond donors (Lipinski definition) is 1. The van der Waals surface area contributed by atoms with E-state index in [1.54, 1.807) is 0 Å². The molecule has 1 heterocycles. The molecule has 1 atom stereocenters. The minimum Gasteiger partial charge on any atom is -0.310 e. The lowest BCUT2D eigenvalue weighted by molar-refractivity contribution is 0.538. The molecule has 0 fully saturated rings. The zero-order chi connectivity index (χ0) is 9.42. The molecular weight excluding hydrogens is 182 g/mol. The van der Waals surface area contributed by atoms with Crippen LogP contribution in [0.1, 0.15) is 29.7 Å². The smallest absolute Gasteiger partial charge is 0.0438 e. The number of fused-ring (bicyclic) bond motifs is 1. The van der Waals surface area contributed by atoms with Crippen molar-refractivity contribution >= 4 is 11.6 Å². The summed E-state index contributed by atoms with van der Waals surface area (Å²) in [7, 11) is 0. The van der Waals surface area contributed by atoms with Crippen LogP contribution in [0.15, 0.2) is 12.1 Å². The van der Waals surface area contributed by atoms with Crippen LogP contribution in [0.25, 0.3) is 0 Å². The molecule has 0 amide bonds. The molecule has 0 radical (unpaired) electrons. The average molecular weight is 196 g/mol. The summed E-state index contributed by atoms with van der Waals surface area (Å²) < 4.78 is 0. The van der Waals surface area contributed by atoms with Gasteiger partial charge in [0.05, 0.1) is 0 Å². The number of halogens is 1. The minimum atomic E-state index is 0.447. The average Bonchev–Trinajstić information content (AvgIpc) is 2.12. The van der Waals surface area contributed by atoms with Crippen molar-refractivity contribution in [2.24, 2.45) is 0 Å². The van der Waals surface area contributed by atoms with Gasteiger partial charge in [0.25, 0.3) is 0 Å². The molecule has 0 spiro atoms. The Bertz CT molecular complexity index is 333. The second kappa shape index (κ2) is 3.32. The van der Waals surface area contributed by atoms with Crippen molar-refractivity contribution in [3.05, 3.63) is 33.8 Å². The molecule has 1 nitrogen and oxygen atoms in total. The number of benzene rings is 1. The van der Waals surface area contributed by atoms with E-state index in [0.717, 1.165) is 18.0 Å². The highest BCUT2D eigenvalue weighted by molar-refractivity contribution is 6.31. The van der Waals surface area contributed by atoms with E-state index in [9.17, 15) is 0 Å². The van der Waals surface area contributed by atoms with Gasteiger partial charge in [-0.1, -0.05) is 17.7 Å². The van der Waals surface area contributed by atoms with E-state index in [0.29, 0.717) is 6.04 Å². The molecule has 1 unspecified atom stereocenters. The highest BCUT2D eigenvalue weighted by atomic mass is 35.5. The second-order valence-electron chi connectivity index (χ2n) is 3.67.